The fourth-order valence-electron chi connectivity index (χ4n) is 1.87. The van der Waals surface area contributed by atoms with Crippen LogP contribution in [0.5, 0.6) is 0 Å². The Morgan fingerprint density at radius 2 is 2.05 bits per heavy atom. The van der Waals surface area contributed by atoms with Gasteiger partial charge in [-0.1, -0.05) is 30.3 Å². The van der Waals surface area contributed by atoms with Gasteiger partial charge in [0.05, 0.1) is 6.54 Å². The fraction of sp³-hybridized carbons (Fsp3) is 0.308. The minimum Gasteiger partial charge on any atom is -0.479 e. The van der Waals surface area contributed by atoms with Crippen molar-refractivity contribution in [2.24, 2.45) is 0 Å². The molecule has 1 atom stereocenters. The maximum atomic E-state index is 11.9. The number of rotatable bonds is 3. The predicted octanol–water partition coefficient (Wildman–Crippen LogP) is 1.19. The predicted molar refractivity (Wildman–Crippen MR) is 67.9 cm³/mol. The summed E-state index contributed by atoms with van der Waals surface area (Å²) in [5, 5.41) is 11.5. The molecule has 0 spiro atoms. The molecular weight excluding hydrogens is 264 g/mol. The van der Waals surface area contributed by atoms with E-state index in [1.54, 1.807) is 24.3 Å². The lowest BCUT2D eigenvalue weighted by atomic mass is 10.0. The molecule has 1 aliphatic rings. The Morgan fingerprint density at radius 3 is 2.65 bits per heavy atom. The number of imide groups is 1. The SMILES string of the molecule is CC1(C(=O)O)CNC(=O)N1C(=O)OCc1ccccc1. The van der Waals surface area contributed by atoms with Crippen LogP contribution in [-0.4, -0.2) is 40.2 Å². The summed E-state index contributed by atoms with van der Waals surface area (Å²) in [6.45, 7) is 1.11. The van der Waals surface area contributed by atoms with E-state index in [1.807, 2.05) is 6.07 Å². The van der Waals surface area contributed by atoms with E-state index in [0.717, 1.165) is 5.56 Å². The summed E-state index contributed by atoms with van der Waals surface area (Å²) in [7, 11) is 0. The standard InChI is InChI=1S/C13H14N2O5/c1-13(10(16)17)8-14-11(18)15(13)12(19)20-7-9-5-3-2-4-6-9/h2-6H,7-8H2,1H3,(H,14,18)(H,16,17). The summed E-state index contributed by atoms with van der Waals surface area (Å²) in [6, 6.07) is 8.13. The van der Waals surface area contributed by atoms with E-state index >= 15 is 0 Å². The summed E-state index contributed by atoms with van der Waals surface area (Å²) >= 11 is 0. The second-order valence-corrected chi connectivity index (χ2v) is 4.61. The molecular formula is C13H14N2O5. The van der Waals surface area contributed by atoms with Gasteiger partial charge < -0.3 is 15.2 Å². The third-order valence-corrected chi connectivity index (χ3v) is 3.13. The molecule has 106 valence electrons. The Kier molecular flexibility index (Phi) is 3.60. The van der Waals surface area contributed by atoms with Crippen LogP contribution in [0.4, 0.5) is 9.59 Å². The Labute approximate surface area is 115 Å². The zero-order chi connectivity index (χ0) is 14.8. The van der Waals surface area contributed by atoms with Crippen LogP contribution in [-0.2, 0) is 16.1 Å². The zero-order valence-electron chi connectivity index (χ0n) is 10.8. The monoisotopic (exact) mass is 278 g/mol. The van der Waals surface area contributed by atoms with Gasteiger partial charge in [-0.25, -0.2) is 19.3 Å². The fourth-order valence-corrected chi connectivity index (χ4v) is 1.87. The van der Waals surface area contributed by atoms with Gasteiger partial charge in [0.25, 0.3) is 0 Å². The van der Waals surface area contributed by atoms with Crippen LogP contribution in [0.1, 0.15) is 12.5 Å². The van der Waals surface area contributed by atoms with Crippen molar-refractivity contribution in [3.63, 3.8) is 0 Å². The summed E-state index contributed by atoms with van der Waals surface area (Å²) in [5.41, 5.74) is -0.886. The summed E-state index contributed by atoms with van der Waals surface area (Å²) < 4.78 is 4.99. The smallest absolute Gasteiger partial charge is 0.419 e. The van der Waals surface area contributed by atoms with Gasteiger partial charge in [-0.05, 0) is 12.5 Å². The van der Waals surface area contributed by atoms with Gasteiger partial charge in [-0.3, -0.25) is 0 Å². The van der Waals surface area contributed by atoms with Gasteiger partial charge >= 0.3 is 18.1 Å². The lowest BCUT2D eigenvalue weighted by Gasteiger charge is -2.26. The first-order valence-corrected chi connectivity index (χ1v) is 5.97. The maximum Gasteiger partial charge on any atom is 0.419 e. The van der Waals surface area contributed by atoms with E-state index in [1.165, 1.54) is 6.92 Å². The summed E-state index contributed by atoms with van der Waals surface area (Å²) in [4.78, 5) is 35.3. The molecule has 0 radical (unpaired) electrons. The van der Waals surface area contributed by atoms with Crippen molar-refractivity contribution in [3.05, 3.63) is 35.9 Å². The highest BCUT2D eigenvalue weighted by molar-refractivity contribution is 6.00. The highest BCUT2D eigenvalue weighted by Gasteiger charge is 2.52. The molecule has 1 aromatic carbocycles. The molecule has 0 saturated carbocycles. The van der Waals surface area contributed by atoms with Crippen molar-refractivity contribution in [1.82, 2.24) is 10.2 Å². The number of carboxylic acids is 1. The van der Waals surface area contributed by atoms with E-state index < -0.39 is 23.6 Å². The topological polar surface area (TPSA) is 95.9 Å². The van der Waals surface area contributed by atoms with Crippen molar-refractivity contribution in [1.29, 1.82) is 0 Å². The van der Waals surface area contributed by atoms with E-state index in [9.17, 15) is 14.4 Å². The highest BCUT2D eigenvalue weighted by Crippen LogP contribution is 2.22. The number of benzene rings is 1. The molecule has 7 nitrogen and oxygen atoms in total. The number of carbonyl (C=O) groups excluding carboxylic acids is 2. The number of carbonyl (C=O) groups is 3. The number of hydrogen-bond donors (Lipinski definition) is 2. The largest absolute Gasteiger partial charge is 0.479 e. The number of urea groups is 1. The summed E-state index contributed by atoms with van der Waals surface area (Å²) in [5.74, 6) is -1.27. The van der Waals surface area contributed by atoms with Crippen LogP contribution in [0, 0.1) is 0 Å². The van der Waals surface area contributed by atoms with Crippen molar-refractivity contribution in [2.45, 2.75) is 19.1 Å². The quantitative estimate of drug-likeness (QED) is 0.865. The van der Waals surface area contributed by atoms with Crippen molar-refractivity contribution in [2.75, 3.05) is 6.54 Å². The molecule has 1 saturated heterocycles. The van der Waals surface area contributed by atoms with Crippen molar-refractivity contribution >= 4 is 18.1 Å². The van der Waals surface area contributed by atoms with Gasteiger partial charge in [-0.15, -0.1) is 0 Å². The molecule has 1 heterocycles. The second kappa shape index (κ2) is 5.20. The van der Waals surface area contributed by atoms with Gasteiger partial charge in [0.2, 0.25) is 0 Å². The minimum atomic E-state index is -1.63. The molecule has 0 aliphatic carbocycles. The van der Waals surface area contributed by atoms with Crippen molar-refractivity contribution < 1.29 is 24.2 Å². The molecule has 1 unspecified atom stereocenters. The van der Waals surface area contributed by atoms with Crippen molar-refractivity contribution in [3.8, 4) is 0 Å². The Hall–Kier alpha value is -2.57. The number of amides is 3. The van der Waals surface area contributed by atoms with E-state index in [-0.39, 0.29) is 13.2 Å². The number of carboxylic acid groups (broad SMARTS) is 1. The lowest BCUT2D eigenvalue weighted by molar-refractivity contribution is -0.146. The number of nitrogens with zero attached hydrogens (tertiary/aromatic N) is 1. The van der Waals surface area contributed by atoms with Crippen LogP contribution >= 0.6 is 0 Å². The molecule has 3 amide bonds. The van der Waals surface area contributed by atoms with Crippen LogP contribution in [0.3, 0.4) is 0 Å². The normalized spacial score (nSPS) is 21.4. The summed E-state index contributed by atoms with van der Waals surface area (Å²) in [6.07, 6.45) is -0.978. The Morgan fingerprint density at radius 1 is 1.40 bits per heavy atom. The van der Waals surface area contributed by atoms with Crippen LogP contribution in [0.25, 0.3) is 0 Å². The van der Waals surface area contributed by atoms with Crippen LogP contribution < -0.4 is 5.32 Å². The first-order valence-electron chi connectivity index (χ1n) is 5.97. The number of hydrogen-bond acceptors (Lipinski definition) is 4. The lowest BCUT2D eigenvalue weighted by Crippen LogP contribution is -2.53. The average molecular weight is 278 g/mol. The Bertz CT molecular complexity index is 545. The molecule has 20 heavy (non-hydrogen) atoms. The first kappa shape index (κ1) is 13.9. The van der Waals surface area contributed by atoms with Gasteiger partial charge in [0, 0.05) is 0 Å². The van der Waals surface area contributed by atoms with Gasteiger partial charge in [-0.2, -0.15) is 0 Å². The minimum absolute atomic E-state index is 0.0286. The maximum absolute atomic E-state index is 11.9. The molecule has 1 aromatic rings. The van der Waals surface area contributed by atoms with E-state index in [0.29, 0.717) is 4.90 Å². The first-order chi connectivity index (χ1) is 9.45. The average Bonchev–Trinajstić information content (AvgIpc) is 2.74. The Balaban J connectivity index is 2.08. The molecule has 1 aliphatic heterocycles. The zero-order valence-corrected chi connectivity index (χ0v) is 10.8. The van der Waals surface area contributed by atoms with E-state index in [2.05, 4.69) is 5.32 Å². The molecule has 1 fully saturated rings. The second-order valence-electron chi connectivity index (χ2n) is 4.61. The molecule has 2 rings (SSSR count). The molecule has 0 aromatic heterocycles. The number of ether oxygens (including phenoxy) is 1. The third-order valence-electron chi connectivity index (χ3n) is 3.13. The van der Waals surface area contributed by atoms with Gasteiger partial charge in [0.15, 0.2) is 5.54 Å². The molecule has 2 N–H and O–H groups in total. The van der Waals surface area contributed by atoms with Crippen LogP contribution in [0.2, 0.25) is 0 Å². The number of aliphatic carboxylic acids is 1. The molecule has 0 bridgehead atoms. The molecule has 7 heteroatoms. The third kappa shape index (κ3) is 2.42. The number of nitrogens with one attached hydrogen (secondary N) is 1. The van der Waals surface area contributed by atoms with Crippen LogP contribution in [0.15, 0.2) is 30.3 Å². The van der Waals surface area contributed by atoms with Gasteiger partial charge in [0.1, 0.15) is 6.61 Å². The van der Waals surface area contributed by atoms with E-state index in [4.69, 9.17) is 9.84 Å². The highest BCUT2D eigenvalue weighted by atomic mass is 16.6.